The molecule has 6 nitrogen and oxygen atoms in total. The van der Waals surface area contributed by atoms with Gasteiger partial charge in [-0.1, -0.05) is 19.1 Å². The highest BCUT2D eigenvalue weighted by Crippen LogP contribution is 2.26. The maximum atomic E-state index is 10.4. The van der Waals surface area contributed by atoms with Crippen molar-refractivity contribution in [3.05, 3.63) is 53.6 Å². The molecule has 0 aliphatic carbocycles. The van der Waals surface area contributed by atoms with E-state index in [0.29, 0.717) is 17.1 Å². The number of aliphatic hydroxyl groups excluding tert-OH is 1. The zero-order chi connectivity index (χ0) is 18.2. The van der Waals surface area contributed by atoms with Crippen LogP contribution in [-0.4, -0.2) is 31.8 Å². The molecular weight excluding hydrogens is 318 g/mol. The molecule has 2 aromatic carbocycles. The predicted molar refractivity (Wildman–Crippen MR) is 100 cm³/mol. The van der Waals surface area contributed by atoms with Crippen molar-refractivity contribution >= 4 is 11.6 Å². The number of nitrogens with two attached hydrogens (primary N) is 1. The zero-order valence-electron chi connectivity index (χ0n) is 14.8. The second-order valence-electron chi connectivity index (χ2n) is 5.57. The van der Waals surface area contributed by atoms with Crippen molar-refractivity contribution in [2.45, 2.75) is 19.4 Å². The summed E-state index contributed by atoms with van der Waals surface area (Å²) in [5, 5.41) is 13.4. The molecule has 0 fully saturated rings. The van der Waals surface area contributed by atoms with Crippen LogP contribution in [-0.2, 0) is 6.42 Å². The highest BCUT2D eigenvalue weighted by molar-refractivity contribution is 5.92. The lowest BCUT2D eigenvalue weighted by atomic mass is 10.1. The number of aliphatic hydroxyl groups is 1. The fourth-order valence-corrected chi connectivity index (χ4v) is 2.37. The molecule has 1 atom stereocenters. The van der Waals surface area contributed by atoms with Crippen LogP contribution in [0.1, 0.15) is 24.2 Å². The van der Waals surface area contributed by atoms with E-state index in [-0.39, 0.29) is 12.5 Å². The molecule has 0 aliphatic rings. The number of nitrogens with zero attached hydrogens (tertiary/aromatic N) is 1. The topological polar surface area (TPSA) is 89.1 Å². The Balaban J connectivity index is 2.04. The third-order valence-electron chi connectivity index (χ3n) is 3.80. The van der Waals surface area contributed by atoms with Crippen LogP contribution >= 0.6 is 0 Å². The third kappa shape index (κ3) is 5.39. The molecule has 4 N–H and O–H groups in total. The van der Waals surface area contributed by atoms with Gasteiger partial charge in [-0.15, -0.1) is 0 Å². The monoisotopic (exact) mass is 343 g/mol. The number of benzene rings is 2. The van der Waals surface area contributed by atoms with E-state index in [0.717, 1.165) is 12.1 Å². The van der Waals surface area contributed by atoms with E-state index in [1.807, 2.05) is 18.2 Å². The Morgan fingerprint density at radius 2 is 1.84 bits per heavy atom. The molecular formula is C19H25N3O3. The molecule has 6 heteroatoms. The van der Waals surface area contributed by atoms with Crippen LogP contribution in [0.4, 0.5) is 5.69 Å². The van der Waals surface area contributed by atoms with Gasteiger partial charge in [0.25, 0.3) is 0 Å². The Hall–Kier alpha value is -2.73. The first-order chi connectivity index (χ1) is 12.0. The smallest absolute Gasteiger partial charge is 0.193 e. The van der Waals surface area contributed by atoms with Crippen LogP contribution < -0.4 is 20.5 Å². The first-order valence-electron chi connectivity index (χ1n) is 8.12. The van der Waals surface area contributed by atoms with Crippen molar-refractivity contribution in [3.63, 3.8) is 0 Å². The van der Waals surface area contributed by atoms with Gasteiger partial charge >= 0.3 is 0 Å². The number of hydrogen-bond acceptors (Lipinski definition) is 4. The average molecular weight is 343 g/mol. The van der Waals surface area contributed by atoms with Crippen LogP contribution in [0.15, 0.2) is 47.5 Å². The predicted octanol–water partition coefficient (Wildman–Crippen LogP) is 2.73. The molecule has 1 unspecified atom stereocenters. The lowest BCUT2D eigenvalue weighted by molar-refractivity contribution is 0.186. The Bertz CT molecular complexity index is 709. The van der Waals surface area contributed by atoms with Crippen molar-refractivity contribution in [1.29, 1.82) is 0 Å². The summed E-state index contributed by atoms with van der Waals surface area (Å²) < 4.78 is 10.4. The summed E-state index contributed by atoms with van der Waals surface area (Å²) in [7, 11) is 3.13. The molecule has 0 amide bonds. The van der Waals surface area contributed by atoms with Crippen LogP contribution in [0.2, 0.25) is 0 Å². The maximum Gasteiger partial charge on any atom is 0.193 e. The summed E-state index contributed by atoms with van der Waals surface area (Å²) in [6, 6.07) is 13.2. The van der Waals surface area contributed by atoms with Gasteiger partial charge in [0.05, 0.1) is 26.9 Å². The Kier molecular flexibility index (Phi) is 6.65. The minimum Gasteiger partial charge on any atom is -0.497 e. The highest BCUT2D eigenvalue weighted by atomic mass is 16.5. The molecule has 0 spiro atoms. The molecule has 0 saturated heterocycles. The molecule has 0 radical (unpaired) electrons. The standard InChI is InChI=1S/C19H25N3O3/c1-4-13-6-5-7-15(8-13)22-19(20)21-12-18(23)14-9-16(24-2)11-17(10-14)25-3/h5-11,18,23H,4,12H2,1-3H3,(H3,20,21,22). The fourth-order valence-electron chi connectivity index (χ4n) is 2.37. The minimum absolute atomic E-state index is 0.128. The van der Waals surface area contributed by atoms with Gasteiger partial charge < -0.3 is 25.6 Å². The third-order valence-corrected chi connectivity index (χ3v) is 3.80. The molecule has 134 valence electrons. The number of anilines is 1. The summed E-state index contributed by atoms with van der Waals surface area (Å²) >= 11 is 0. The van der Waals surface area contributed by atoms with Crippen molar-refractivity contribution in [2.75, 3.05) is 26.1 Å². The van der Waals surface area contributed by atoms with Gasteiger partial charge in [-0.05, 0) is 41.8 Å². The molecule has 2 rings (SSSR count). The fraction of sp³-hybridized carbons (Fsp3) is 0.316. The van der Waals surface area contributed by atoms with Crippen molar-refractivity contribution < 1.29 is 14.6 Å². The summed E-state index contributed by atoms with van der Waals surface area (Å²) in [5.41, 5.74) is 8.65. The molecule has 25 heavy (non-hydrogen) atoms. The maximum absolute atomic E-state index is 10.4. The number of hydrogen-bond donors (Lipinski definition) is 3. The van der Waals surface area contributed by atoms with Gasteiger partial charge in [-0.3, -0.25) is 4.99 Å². The van der Waals surface area contributed by atoms with Crippen molar-refractivity contribution in [3.8, 4) is 11.5 Å². The SMILES string of the molecule is CCc1cccc(NC(N)=NCC(O)c2cc(OC)cc(OC)c2)c1. The number of ether oxygens (including phenoxy) is 2. The molecule has 2 aromatic rings. The summed E-state index contributed by atoms with van der Waals surface area (Å²) in [6.45, 7) is 2.22. The number of aliphatic imine (C=N–C) groups is 1. The van der Waals surface area contributed by atoms with E-state index in [4.69, 9.17) is 15.2 Å². The summed E-state index contributed by atoms with van der Waals surface area (Å²) in [5.74, 6) is 1.47. The number of nitrogens with one attached hydrogen (secondary N) is 1. The first kappa shape index (κ1) is 18.6. The van der Waals surface area contributed by atoms with Gasteiger partial charge in [0.1, 0.15) is 11.5 Å². The lowest BCUT2D eigenvalue weighted by Crippen LogP contribution is -2.23. The summed E-state index contributed by atoms with van der Waals surface area (Å²) in [4.78, 5) is 4.21. The molecule has 0 aromatic heterocycles. The summed E-state index contributed by atoms with van der Waals surface area (Å²) in [6.07, 6.45) is 0.134. The second kappa shape index (κ2) is 8.94. The zero-order valence-corrected chi connectivity index (χ0v) is 14.8. The van der Waals surface area contributed by atoms with Gasteiger partial charge in [-0.2, -0.15) is 0 Å². The average Bonchev–Trinajstić information content (AvgIpc) is 2.65. The molecule has 0 heterocycles. The van der Waals surface area contributed by atoms with E-state index in [1.165, 1.54) is 5.56 Å². The van der Waals surface area contributed by atoms with Gasteiger partial charge in [0, 0.05) is 11.8 Å². The molecule has 0 aliphatic heterocycles. The van der Waals surface area contributed by atoms with Crippen molar-refractivity contribution in [2.24, 2.45) is 10.7 Å². The highest BCUT2D eigenvalue weighted by Gasteiger charge is 2.11. The quantitative estimate of drug-likeness (QED) is 0.531. The second-order valence-corrected chi connectivity index (χ2v) is 5.57. The van der Waals surface area contributed by atoms with Crippen LogP contribution in [0.3, 0.4) is 0 Å². The first-order valence-corrected chi connectivity index (χ1v) is 8.12. The Morgan fingerprint density at radius 3 is 2.44 bits per heavy atom. The molecule has 0 saturated carbocycles. The molecule has 0 bridgehead atoms. The van der Waals surface area contributed by atoms with Crippen molar-refractivity contribution in [1.82, 2.24) is 0 Å². The van der Waals surface area contributed by atoms with Crippen LogP contribution in [0, 0.1) is 0 Å². The van der Waals surface area contributed by atoms with Crippen LogP contribution in [0.25, 0.3) is 0 Å². The number of rotatable bonds is 7. The lowest BCUT2D eigenvalue weighted by Gasteiger charge is -2.13. The minimum atomic E-state index is -0.814. The Morgan fingerprint density at radius 1 is 1.16 bits per heavy atom. The van der Waals surface area contributed by atoms with Gasteiger partial charge in [0.15, 0.2) is 5.96 Å². The largest absolute Gasteiger partial charge is 0.497 e. The van der Waals surface area contributed by atoms with E-state index >= 15 is 0 Å². The van der Waals surface area contributed by atoms with E-state index in [2.05, 4.69) is 23.3 Å². The Labute approximate surface area is 148 Å². The van der Waals surface area contributed by atoms with Gasteiger partial charge in [-0.25, -0.2) is 0 Å². The van der Waals surface area contributed by atoms with E-state index in [9.17, 15) is 5.11 Å². The number of aryl methyl sites for hydroxylation is 1. The van der Waals surface area contributed by atoms with Gasteiger partial charge in [0.2, 0.25) is 0 Å². The van der Waals surface area contributed by atoms with E-state index < -0.39 is 6.10 Å². The number of methoxy groups -OCH3 is 2. The normalized spacial score (nSPS) is 12.6. The van der Waals surface area contributed by atoms with Crippen LogP contribution in [0.5, 0.6) is 11.5 Å². The van der Waals surface area contributed by atoms with E-state index in [1.54, 1.807) is 32.4 Å². The number of guanidine groups is 1.